The van der Waals surface area contributed by atoms with Crippen LogP contribution < -0.4 is 0 Å². The highest BCUT2D eigenvalue weighted by molar-refractivity contribution is 6.30. The van der Waals surface area contributed by atoms with Crippen molar-refractivity contribution in [1.82, 2.24) is 24.3 Å². The van der Waals surface area contributed by atoms with Gasteiger partial charge in [-0.05, 0) is 83.7 Å². The van der Waals surface area contributed by atoms with Gasteiger partial charge in [-0.25, -0.2) is 9.78 Å². The number of fused-ring (bicyclic) bond motifs is 2. The summed E-state index contributed by atoms with van der Waals surface area (Å²) in [5.41, 5.74) is 8.86. The van der Waals surface area contributed by atoms with Gasteiger partial charge in [0, 0.05) is 43.6 Å². The minimum absolute atomic E-state index is 0.0425. The number of carbonyl (C=O) groups excluding carboxylic acids is 1. The zero-order valence-electron chi connectivity index (χ0n) is 29.9. The number of halogens is 1. The van der Waals surface area contributed by atoms with Gasteiger partial charge in [0.1, 0.15) is 5.54 Å². The molecule has 1 aliphatic heterocycles. The van der Waals surface area contributed by atoms with Crippen molar-refractivity contribution < 1.29 is 9.53 Å². The Kier molecular flexibility index (Phi) is 10.4. The number of rotatable bonds is 10. The molecule has 7 nitrogen and oxygen atoms in total. The number of hydrogen-bond acceptors (Lipinski definition) is 5. The number of benzene rings is 4. The Morgan fingerprint density at radius 2 is 1.38 bits per heavy atom. The molecule has 1 aliphatic carbocycles. The number of imidazole rings is 1. The Morgan fingerprint density at radius 3 is 2.04 bits per heavy atom. The smallest absolute Gasteiger partial charge is 0.409 e. The van der Waals surface area contributed by atoms with Gasteiger partial charge in [0.25, 0.3) is 0 Å². The van der Waals surface area contributed by atoms with Crippen LogP contribution in [0.4, 0.5) is 4.79 Å². The lowest BCUT2D eigenvalue weighted by Gasteiger charge is -2.39. The van der Waals surface area contributed by atoms with E-state index in [2.05, 4.69) is 125 Å². The molecule has 2 aromatic heterocycles. The lowest BCUT2D eigenvalue weighted by molar-refractivity contribution is 0.0672. The molecular weight excluding hydrogens is 678 g/mol. The molecule has 0 spiro atoms. The van der Waals surface area contributed by atoms with Crippen molar-refractivity contribution in [2.75, 3.05) is 32.8 Å². The Morgan fingerprint density at radius 1 is 0.736 bits per heavy atom. The van der Waals surface area contributed by atoms with Gasteiger partial charge < -0.3 is 14.2 Å². The fraction of sp³-hybridized carbons (Fsp3) is 0.267. The first-order chi connectivity index (χ1) is 26.1. The van der Waals surface area contributed by atoms with Crippen molar-refractivity contribution in [3.05, 3.63) is 190 Å². The lowest BCUT2D eigenvalue weighted by Crippen LogP contribution is -2.50. The predicted octanol–water partition coefficient (Wildman–Crippen LogP) is 8.74. The van der Waals surface area contributed by atoms with E-state index in [1.54, 1.807) is 0 Å². The van der Waals surface area contributed by atoms with Gasteiger partial charge in [0.15, 0.2) is 0 Å². The molecule has 0 saturated carbocycles. The third kappa shape index (κ3) is 7.11. The van der Waals surface area contributed by atoms with Gasteiger partial charge in [-0.1, -0.05) is 115 Å². The molecule has 1 fully saturated rings. The molecule has 8 rings (SSSR count). The number of carbonyl (C=O) groups is 1. The Hall–Kier alpha value is -5.24. The summed E-state index contributed by atoms with van der Waals surface area (Å²) in [6, 6.07) is 42.4. The van der Waals surface area contributed by atoms with E-state index in [4.69, 9.17) is 26.3 Å². The van der Waals surface area contributed by atoms with Crippen LogP contribution in [0.5, 0.6) is 0 Å². The summed E-state index contributed by atoms with van der Waals surface area (Å²) < 4.78 is 8.04. The van der Waals surface area contributed by atoms with Gasteiger partial charge in [0.2, 0.25) is 0 Å². The summed E-state index contributed by atoms with van der Waals surface area (Å²) in [7, 11) is 0. The molecule has 3 heterocycles. The number of piperazine rings is 1. The van der Waals surface area contributed by atoms with E-state index in [9.17, 15) is 4.79 Å². The van der Waals surface area contributed by atoms with E-state index in [-0.39, 0.29) is 12.1 Å². The zero-order chi connectivity index (χ0) is 36.0. The van der Waals surface area contributed by atoms with Crippen molar-refractivity contribution in [1.29, 1.82) is 0 Å². The fourth-order valence-corrected chi connectivity index (χ4v) is 8.43. The van der Waals surface area contributed by atoms with Gasteiger partial charge >= 0.3 is 6.09 Å². The highest BCUT2D eigenvalue weighted by Gasteiger charge is 2.38. The normalized spacial score (nSPS) is 16.0. The molecule has 1 atom stereocenters. The van der Waals surface area contributed by atoms with Gasteiger partial charge in [-0.15, -0.1) is 0 Å². The van der Waals surface area contributed by atoms with Crippen LogP contribution in [-0.2, 0) is 29.5 Å². The molecule has 8 heteroatoms. The summed E-state index contributed by atoms with van der Waals surface area (Å²) in [5, 5.41) is 0.764. The van der Waals surface area contributed by atoms with Gasteiger partial charge in [0.05, 0.1) is 30.4 Å². The highest BCUT2D eigenvalue weighted by Crippen LogP contribution is 2.41. The minimum Gasteiger partial charge on any atom is -0.449 e. The first-order valence-electron chi connectivity index (χ1n) is 18.7. The fourth-order valence-electron chi connectivity index (χ4n) is 8.24. The minimum atomic E-state index is -0.582. The molecule has 53 heavy (non-hydrogen) atoms. The number of hydrogen-bond donors (Lipinski definition) is 0. The van der Waals surface area contributed by atoms with E-state index in [0.717, 1.165) is 61.6 Å². The second-order valence-electron chi connectivity index (χ2n) is 14.0. The van der Waals surface area contributed by atoms with Crippen LogP contribution in [-0.4, -0.2) is 63.2 Å². The molecule has 268 valence electrons. The zero-order valence-corrected chi connectivity index (χ0v) is 30.6. The molecule has 6 aromatic rings. The van der Waals surface area contributed by atoms with Crippen LogP contribution in [0.25, 0.3) is 0 Å². The lowest BCUT2D eigenvalue weighted by atomic mass is 9.77. The van der Waals surface area contributed by atoms with Crippen molar-refractivity contribution in [3.63, 3.8) is 0 Å². The number of amides is 1. The molecular formula is C45H44ClN5O2. The SMILES string of the molecule is O=C(OCCCCc1cn(C(c2ccccc2)(c2ccccc2)c2ccccc2)cn1)N1CCN(C2c3ccc(Cl)cc3CCc3cccnc32)CC1. The predicted molar refractivity (Wildman–Crippen MR) is 209 cm³/mol. The number of pyridine rings is 1. The van der Waals surface area contributed by atoms with E-state index < -0.39 is 5.54 Å². The number of aryl methyl sites for hydroxylation is 3. The molecule has 0 bridgehead atoms. The number of unbranched alkanes of at least 4 members (excludes halogenated alkanes) is 1. The van der Waals surface area contributed by atoms with Crippen LogP contribution >= 0.6 is 11.6 Å². The van der Waals surface area contributed by atoms with Crippen molar-refractivity contribution in [3.8, 4) is 0 Å². The third-order valence-electron chi connectivity index (χ3n) is 10.8. The standard InChI is InChI=1S/C45H44ClN5O2/c46-39-23-24-41-35(31-39)22-21-34-13-12-25-47-42(34)43(41)49-26-28-50(29-27-49)44(52)53-30-11-10-20-40-32-51(33-48-40)45(36-14-4-1-5-15-36,37-16-6-2-7-17-37)38-18-8-3-9-19-38/h1-9,12-19,23-25,31-33,43H,10-11,20-22,26-30H2. The van der Waals surface area contributed by atoms with Crippen molar-refractivity contribution >= 4 is 17.7 Å². The molecule has 1 saturated heterocycles. The topological polar surface area (TPSA) is 63.5 Å². The number of ether oxygens (including phenoxy) is 1. The molecule has 0 radical (unpaired) electrons. The van der Waals surface area contributed by atoms with E-state index in [1.807, 2.05) is 29.6 Å². The first-order valence-corrected chi connectivity index (χ1v) is 19.1. The summed E-state index contributed by atoms with van der Waals surface area (Å²) >= 11 is 6.41. The maximum absolute atomic E-state index is 13.2. The molecule has 2 aliphatic rings. The third-order valence-corrected chi connectivity index (χ3v) is 11.1. The molecule has 0 N–H and O–H groups in total. The number of aromatic nitrogens is 3. The average molecular weight is 722 g/mol. The van der Waals surface area contributed by atoms with Crippen LogP contribution in [0.15, 0.2) is 140 Å². The largest absolute Gasteiger partial charge is 0.449 e. The van der Waals surface area contributed by atoms with Gasteiger partial charge in [-0.2, -0.15) is 0 Å². The second kappa shape index (κ2) is 15.8. The Bertz CT molecular complexity index is 2030. The quantitative estimate of drug-likeness (QED) is 0.105. The maximum atomic E-state index is 13.2. The monoisotopic (exact) mass is 721 g/mol. The second-order valence-corrected chi connectivity index (χ2v) is 14.4. The van der Waals surface area contributed by atoms with E-state index in [1.165, 1.54) is 33.4 Å². The Balaban J connectivity index is 0.885. The molecule has 1 amide bonds. The van der Waals surface area contributed by atoms with Crippen molar-refractivity contribution in [2.24, 2.45) is 0 Å². The number of nitrogens with zero attached hydrogens (tertiary/aromatic N) is 5. The molecule has 4 aromatic carbocycles. The average Bonchev–Trinajstić information content (AvgIpc) is 3.62. The van der Waals surface area contributed by atoms with Gasteiger partial charge in [-0.3, -0.25) is 9.88 Å². The molecule has 1 unspecified atom stereocenters. The summed E-state index contributed by atoms with van der Waals surface area (Å²) in [4.78, 5) is 27.2. The van der Waals surface area contributed by atoms with E-state index in [0.29, 0.717) is 19.7 Å². The van der Waals surface area contributed by atoms with Crippen LogP contribution in [0.3, 0.4) is 0 Å². The summed E-state index contributed by atoms with van der Waals surface area (Å²) in [6.45, 7) is 3.11. The maximum Gasteiger partial charge on any atom is 0.409 e. The summed E-state index contributed by atoms with van der Waals surface area (Å²) in [5.74, 6) is 0. The summed E-state index contributed by atoms with van der Waals surface area (Å²) in [6.07, 6.45) is 10.1. The van der Waals surface area contributed by atoms with E-state index >= 15 is 0 Å². The van der Waals surface area contributed by atoms with Crippen LogP contribution in [0.2, 0.25) is 5.02 Å². The van der Waals surface area contributed by atoms with Crippen LogP contribution in [0, 0.1) is 0 Å². The highest BCUT2D eigenvalue weighted by atomic mass is 35.5. The Labute approximate surface area is 316 Å². The van der Waals surface area contributed by atoms with Crippen molar-refractivity contribution in [2.45, 2.75) is 43.7 Å². The van der Waals surface area contributed by atoms with Crippen LogP contribution in [0.1, 0.15) is 63.7 Å². The first kappa shape index (κ1) is 34.8.